The summed E-state index contributed by atoms with van der Waals surface area (Å²) in [6.07, 6.45) is 0. The van der Waals surface area contributed by atoms with Gasteiger partial charge in [-0.15, -0.1) is 0 Å². The molecule has 0 fully saturated rings. The van der Waals surface area contributed by atoms with Crippen molar-refractivity contribution in [1.29, 1.82) is 0 Å². The van der Waals surface area contributed by atoms with Gasteiger partial charge >= 0.3 is 0 Å². The first kappa shape index (κ1) is 15.7. The maximum Gasteiger partial charge on any atom is 0.231 e. The molecule has 1 rings (SSSR count). The number of hydrogen-bond acceptors (Lipinski definition) is 2. The molecule has 0 saturated heterocycles. The minimum Gasteiger partial charge on any atom is -0.329 e. The van der Waals surface area contributed by atoms with E-state index in [0.717, 1.165) is 11.3 Å². The van der Waals surface area contributed by atoms with Crippen LogP contribution in [-0.4, -0.2) is 12.5 Å². The Hall–Kier alpha value is -1.35. The topological polar surface area (TPSA) is 55.1 Å². The Kier molecular flexibility index (Phi) is 4.41. The molecule has 0 unspecified atom stereocenters. The van der Waals surface area contributed by atoms with E-state index in [0.29, 0.717) is 6.54 Å². The summed E-state index contributed by atoms with van der Waals surface area (Å²) in [5, 5.41) is 2.99. The summed E-state index contributed by atoms with van der Waals surface area (Å²) in [6, 6.07) is 6.21. The Bertz CT molecular complexity index is 470. The summed E-state index contributed by atoms with van der Waals surface area (Å²) in [5.41, 5.74) is 8.30. The van der Waals surface area contributed by atoms with Crippen LogP contribution in [0.25, 0.3) is 0 Å². The summed E-state index contributed by atoms with van der Waals surface area (Å²) in [5.74, 6) is -0.0378. The summed E-state index contributed by atoms with van der Waals surface area (Å²) in [7, 11) is 0. The molecule has 106 valence electrons. The molecule has 1 aromatic rings. The molecule has 1 aromatic carbocycles. The fourth-order valence-electron chi connectivity index (χ4n) is 1.61. The number of carbonyl (C=O) groups excluding carboxylic acids is 1. The fraction of sp³-hybridized carbons (Fsp3) is 0.562. The average Bonchev–Trinajstić information content (AvgIpc) is 2.30. The highest BCUT2D eigenvalue weighted by Gasteiger charge is 2.26. The first-order valence-corrected chi connectivity index (χ1v) is 6.70. The molecule has 0 bridgehead atoms. The summed E-state index contributed by atoms with van der Waals surface area (Å²) >= 11 is 0. The third-order valence-electron chi connectivity index (χ3n) is 3.48. The van der Waals surface area contributed by atoms with E-state index in [1.807, 2.05) is 26.8 Å². The van der Waals surface area contributed by atoms with Crippen molar-refractivity contribution < 1.29 is 4.79 Å². The number of nitrogens with two attached hydrogens (primary N) is 1. The molecule has 3 N–H and O–H groups in total. The van der Waals surface area contributed by atoms with Crippen LogP contribution in [0.2, 0.25) is 0 Å². The van der Waals surface area contributed by atoms with Crippen molar-refractivity contribution in [2.24, 2.45) is 11.1 Å². The second-order valence-electron chi connectivity index (χ2n) is 6.82. The van der Waals surface area contributed by atoms with E-state index in [1.54, 1.807) is 0 Å². The Morgan fingerprint density at radius 3 is 2.26 bits per heavy atom. The van der Waals surface area contributed by atoms with Crippen LogP contribution >= 0.6 is 0 Å². The number of carbonyl (C=O) groups is 1. The van der Waals surface area contributed by atoms with Gasteiger partial charge in [0.2, 0.25) is 5.91 Å². The SMILES string of the molecule is Cc1ccc(C(C)(C)C)cc1NC(=O)C(C)(C)CN. The normalized spacial score (nSPS) is 12.4. The van der Waals surface area contributed by atoms with E-state index in [9.17, 15) is 4.79 Å². The van der Waals surface area contributed by atoms with Crippen molar-refractivity contribution in [1.82, 2.24) is 0 Å². The van der Waals surface area contributed by atoms with E-state index in [1.165, 1.54) is 5.56 Å². The van der Waals surface area contributed by atoms with Crippen LogP contribution in [0.15, 0.2) is 18.2 Å². The number of aryl methyl sites for hydroxylation is 1. The van der Waals surface area contributed by atoms with Crippen molar-refractivity contribution in [2.75, 3.05) is 11.9 Å². The molecule has 0 aliphatic rings. The number of amides is 1. The number of anilines is 1. The predicted molar refractivity (Wildman–Crippen MR) is 81.3 cm³/mol. The van der Waals surface area contributed by atoms with E-state index >= 15 is 0 Å². The molecule has 0 aliphatic heterocycles. The lowest BCUT2D eigenvalue weighted by Gasteiger charge is -2.24. The van der Waals surface area contributed by atoms with Gasteiger partial charge in [-0.05, 0) is 43.4 Å². The molecule has 0 atom stereocenters. The first-order valence-electron chi connectivity index (χ1n) is 6.70. The van der Waals surface area contributed by atoms with E-state index in [4.69, 9.17) is 5.73 Å². The van der Waals surface area contributed by atoms with Crippen LogP contribution in [0.1, 0.15) is 45.7 Å². The lowest BCUT2D eigenvalue weighted by molar-refractivity contribution is -0.123. The molecule has 3 nitrogen and oxygen atoms in total. The highest BCUT2D eigenvalue weighted by atomic mass is 16.2. The fourth-order valence-corrected chi connectivity index (χ4v) is 1.61. The Labute approximate surface area is 116 Å². The molecule has 0 saturated carbocycles. The second kappa shape index (κ2) is 5.33. The highest BCUT2D eigenvalue weighted by Crippen LogP contribution is 2.28. The molecule has 19 heavy (non-hydrogen) atoms. The van der Waals surface area contributed by atoms with Gasteiger partial charge in [-0.25, -0.2) is 0 Å². The van der Waals surface area contributed by atoms with Gasteiger partial charge < -0.3 is 11.1 Å². The van der Waals surface area contributed by atoms with Crippen LogP contribution in [0.3, 0.4) is 0 Å². The molecule has 0 heterocycles. The van der Waals surface area contributed by atoms with E-state index in [2.05, 4.69) is 38.2 Å². The van der Waals surface area contributed by atoms with Gasteiger partial charge in [0.15, 0.2) is 0 Å². The van der Waals surface area contributed by atoms with Crippen LogP contribution < -0.4 is 11.1 Å². The van der Waals surface area contributed by atoms with Crippen molar-refractivity contribution in [2.45, 2.75) is 47.0 Å². The van der Waals surface area contributed by atoms with Crippen molar-refractivity contribution in [3.63, 3.8) is 0 Å². The Morgan fingerprint density at radius 1 is 1.21 bits per heavy atom. The average molecular weight is 262 g/mol. The quantitative estimate of drug-likeness (QED) is 0.878. The number of hydrogen-bond donors (Lipinski definition) is 2. The van der Waals surface area contributed by atoms with Gasteiger partial charge in [-0.2, -0.15) is 0 Å². The smallest absolute Gasteiger partial charge is 0.231 e. The molecule has 0 spiro atoms. The largest absolute Gasteiger partial charge is 0.329 e. The van der Waals surface area contributed by atoms with Gasteiger partial charge in [-0.1, -0.05) is 32.9 Å². The minimum absolute atomic E-state index is 0.0378. The van der Waals surface area contributed by atoms with E-state index in [-0.39, 0.29) is 11.3 Å². The van der Waals surface area contributed by atoms with Gasteiger partial charge in [0, 0.05) is 12.2 Å². The second-order valence-corrected chi connectivity index (χ2v) is 6.82. The van der Waals surface area contributed by atoms with Crippen LogP contribution in [0.5, 0.6) is 0 Å². The molecular weight excluding hydrogens is 236 g/mol. The third-order valence-corrected chi connectivity index (χ3v) is 3.48. The van der Waals surface area contributed by atoms with Crippen molar-refractivity contribution in [3.05, 3.63) is 29.3 Å². The van der Waals surface area contributed by atoms with Gasteiger partial charge in [0.25, 0.3) is 0 Å². The van der Waals surface area contributed by atoms with Crippen molar-refractivity contribution >= 4 is 11.6 Å². The maximum absolute atomic E-state index is 12.2. The molecule has 0 radical (unpaired) electrons. The minimum atomic E-state index is -0.551. The zero-order valence-corrected chi connectivity index (χ0v) is 12.9. The predicted octanol–water partition coefficient (Wildman–Crippen LogP) is 3.22. The zero-order valence-electron chi connectivity index (χ0n) is 12.9. The molecule has 3 heteroatoms. The van der Waals surface area contributed by atoms with Gasteiger partial charge in [-0.3, -0.25) is 4.79 Å². The number of rotatable bonds is 3. The lowest BCUT2D eigenvalue weighted by atomic mass is 9.86. The molecular formula is C16H26N2O. The standard InChI is InChI=1S/C16H26N2O/c1-11-7-8-12(15(2,3)4)9-13(11)18-14(19)16(5,6)10-17/h7-9H,10,17H2,1-6H3,(H,18,19). The lowest BCUT2D eigenvalue weighted by Crippen LogP contribution is -2.37. The Morgan fingerprint density at radius 2 is 1.79 bits per heavy atom. The summed E-state index contributed by atoms with van der Waals surface area (Å²) in [4.78, 5) is 12.2. The molecule has 0 aromatic heterocycles. The zero-order chi connectivity index (χ0) is 14.8. The highest BCUT2D eigenvalue weighted by molar-refractivity contribution is 5.95. The molecule has 1 amide bonds. The number of nitrogens with one attached hydrogen (secondary N) is 1. The molecule has 0 aliphatic carbocycles. The summed E-state index contributed by atoms with van der Waals surface area (Å²) in [6.45, 7) is 12.5. The summed E-state index contributed by atoms with van der Waals surface area (Å²) < 4.78 is 0. The van der Waals surface area contributed by atoms with Crippen LogP contribution in [0.4, 0.5) is 5.69 Å². The van der Waals surface area contributed by atoms with E-state index < -0.39 is 5.41 Å². The van der Waals surface area contributed by atoms with Gasteiger partial charge in [0.05, 0.1) is 5.41 Å². The number of benzene rings is 1. The van der Waals surface area contributed by atoms with Gasteiger partial charge in [0.1, 0.15) is 0 Å². The van der Waals surface area contributed by atoms with Crippen molar-refractivity contribution in [3.8, 4) is 0 Å². The Balaban J connectivity index is 3.05. The first-order chi connectivity index (χ1) is 8.58. The van der Waals surface area contributed by atoms with Crippen LogP contribution in [0, 0.1) is 12.3 Å². The maximum atomic E-state index is 12.2. The monoisotopic (exact) mass is 262 g/mol. The van der Waals surface area contributed by atoms with Crippen LogP contribution in [-0.2, 0) is 10.2 Å². The third kappa shape index (κ3) is 3.80.